The molecule has 0 heterocycles. The van der Waals surface area contributed by atoms with Crippen LogP contribution in [0.25, 0.3) is 0 Å². The number of aliphatic hydroxyl groups excluding tert-OH is 1. The maximum atomic E-state index is 10.3. The van der Waals surface area contributed by atoms with Gasteiger partial charge in [-0.25, -0.2) is 0 Å². The summed E-state index contributed by atoms with van der Waals surface area (Å²) in [5.74, 6) is 1.36. The summed E-state index contributed by atoms with van der Waals surface area (Å²) in [7, 11) is 0. The number of benzene rings is 2. The minimum atomic E-state index is -0.654. The molecule has 0 bridgehead atoms. The number of hydrogen-bond donors (Lipinski definition) is 1. The van der Waals surface area contributed by atoms with Gasteiger partial charge in [0.25, 0.3) is 0 Å². The molecule has 3 nitrogen and oxygen atoms in total. The fourth-order valence-electron chi connectivity index (χ4n) is 2.31. The van der Waals surface area contributed by atoms with Crippen LogP contribution >= 0.6 is 0 Å². The molecule has 0 spiro atoms. The third kappa shape index (κ3) is 4.23. The SMILES string of the molecule is CCOc1ccccc1OCC(O)c1cc(C)cc(C)c1. The van der Waals surface area contributed by atoms with Crippen molar-refractivity contribution in [2.75, 3.05) is 13.2 Å². The number of para-hydroxylation sites is 2. The Morgan fingerprint density at radius 3 is 2.10 bits per heavy atom. The van der Waals surface area contributed by atoms with E-state index in [9.17, 15) is 5.11 Å². The largest absolute Gasteiger partial charge is 0.490 e. The second-order valence-corrected chi connectivity index (χ2v) is 5.13. The summed E-state index contributed by atoms with van der Waals surface area (Å²) in [6.07, 6.45) is -0.654. The van der Waals surface area contributed by atoms with Crippen LogP contribution in [0.3, 0.4) is 0 Å². The molecule has 1 unspecified atom stereocenters. The van der Waals surface area contributed by atoms with Crippen LogP contribution in [0.1, 0.15) is 29.7 Å². The van der Waals surface area contributed by atoms with Gasteiger partial charge < -0.3 is 14.6 Å². The summed E-state index contributed by atoms with van der Waals surface area (Å²) < 4.78 is 11.2. The third-order valence-corrected chi connectivity index (χ3v) is 3.17. The molecule has 21 heavy (non-hydrogen) atoms. The Hall–Kier alpha value is -2.00. The molecule has 0 fully saturated rings. The summed E-state index contributed by atoms with van der Waals surface area (Å²) in [5.41, 5.74) is 3.15. The Kier molecular flexibility index (Phi) is 5.23. The molecule has 2 aromatic carbocycles. The maximum Gasteiger partial charge on any atom is 0.161 e. The smallest absolute Gasteiger partial charge is 0.161 e. The lowest BCUT2D eigenvalue weighted by atomic mass is 10.0. The number of rotatable bonds is 6. The lowest BCUT2D eigenvalue weighted by Crippen LogP contribution is -2.11. The highest BCUT2D eigenvalue weighted by atomic mass is 16.5. The fourth-order valence-corrected chi connectivity index (χ4v) is 2.31. The molecule has 1 N–H and O–H groups in total. The van der Waals surface area contributed by atoms with E-state index in [0.29, 0.717) is 18.1 Å². The Morgan fingerprint density at radius 2 is 1.52 bits per heavy atom. The summed E-state index contributed by atoms with van der Waals surface area (Å²) >= 11 is 0. The first-order chi connectivity index (χ1) is 10.1. The topological polar surface area (TPSA) is 38.7 Å². The highest BCUT2D eigenvalue weighted by Crippen LogP contribution is 2.27. The molecule has 3 heteroatoms. The molecule has 0 aromatic heterocycles. The van der Waals surface area contributed by atoms with Gasteiger partial charge in [-0.15, -0.1) is 0 Å². The highest BCUT2D eigenvalue weighted by Gasteiger charge is 2.11. The Morgan fingerprint density at radius 1 is 0.952 bits per heavy atom. The van der Waals surface area contributed by atoms with Crippen molar-refractivity contribution in [1.29, 1.82) is 0 Å². The van der Waals surface area contributed by atoms with Gasteiger partial charge in [-0.05, 0) is 38.5 Å². The number of aryl methyl sites for hydroxylation is 2. The van der Waals surface area contributed by atoms with Crippen molar-refractivity contribution in [2.45, 2.75) is 26.9 Å². The van der Waals surface area contributed by atoms with E-state index in [0.717, 1.165) is 16.7 Å². The zero-order valence-electron chi connectivity index (χ0n) is 12.8. The fraction of sp³-hybridized carbons (Fsp3) is 0.333. The van der Waals surface area contributed by atoms with Crippen LogP contribution in [0.2, 0.25) is 0 Å². The molecule has 0 amide bonds. The van der Waals surface area contributed by atoms with E-state index in [-0.39, 0.29) is 6.61 Å². The second kappa shape index (κ2) is 7.14. The average molecular weight is 286 g/mol. The standard InChI is InChI=1S/C18H22O3/c1-4-20-17-7-5-6-8-18(17)21-12-16(19)15-10-13(2)9-14(3)11-15/h5-11,16,19H,4,12H2,1-3H3. The molecule has 2 rings (SSSR count). The van der Waals surface area contributed by atoms with Crippen molar-refractivity contribution in [3.8, 4) is 11.5 Å². The van der Waals surface area contributed by atoms with E-state index < -0.39 is 6.10 Å². The molecule has 0 saturated heterocycles. The van der Waals surface area contributed by atoms with Gasteiger partial charge in [0.15, 0.2) is 11.5 Å². The van der Waals surface area contributed by atoms with E-state index in [2.05, 4.69) is 6.07 Å². The van der Waals surface area contributed by atoms with Gasteiger partial charge in [-0.2, -0.15) is 0 Å². The summed E-state index contributed by atoms with van der Waals surface area (Å²) in [6, 6.07) is 13.5. The summed E-state index contributed by atoms with van der Waals surface area (Å²) in [6.45, 7) is 6.76. The molecule has 0 saturated carbocycles. The van der Waals surface area contributed by atoms with E-state index in [1.165, 1.54) is 0 Å². The van der Waals surface area contributed by atoms with E-state index in [1.54, 1.807) is 0 Å². The van der Waals surface area contributed by atoms with Crippen LogP contribution in [0, 0.1) is 13.8 Å². The lowest BCUT2D eigenvalue weighted by molar-refractivity contribution is 0.106. The Labute approximate surface area is 126 Å². The van der Waals surface area contributed by atoms with Crippen molar-refractivity contribution in [3.05, 3.63) is 59.2 Å². The molecule has 0 aliphatic rings. The van der Waals surface area contributed by atoms with Crippen molar-refractivity contribution >= 4 is 0 Å². The van der Waals surface area contributed by atoms with Gasteiger partial charge in [0.05, 0.1) is 6.61 Å². The van der Waals surface area contributed by atoms with Gasteiger partial charge in [-0.3, -0.25) is 0 Å². The zero-order chi connectivity index (χ0) is 15.2. The van der Waals surface area contributed by atoms with Crippen LogP contribution in [0.15, 0.2) is 42.5 Å². The lowest BCUT2D eigenvalue weighted by Gasteiger charge is -2.16. The molecule has 2 aromatic rings. The molecule has 0 radical (unpaired) electrons. The van der Waals surface area contributed by atoms with Crippen LogP contribution in [0.4, 0.5) is 0 Å². The minimum Gasteiger partial charge on any atom is -0.490 e. The maximum absolute atomic E-state index is 10.3. The minimum absolute atomic E-state index is 0.201. The molecule has 0 aliphatic carbocycles. The molecule has 0 aliphatic heterocycles. The van der Waals surface area contributed by atoms with Crippen LogP contribution < -0.4 is 9.47 Å². The van der Waals surface area contributed by atoms with Crippen LogP contribution in [0.5, 0.6) is 11.5 Å². The second-order valence-electron chi connectivity index (χ2n) is 5.13. The molecular formula is C18H22O3. The van der Waals surface area contributed by atoms with E-state index >= 15 is 0 Å². The average Bonchev–Trinajstić information content (AvgIpc) is 2.45. The quantitative estimate of drug-likeness (QED) is 0.877. The third-order valence-electron chi connectivity index (χ3n) is 3.17. The van der Waals surface area contributed by atoms with Crippen LogP contribution in [-0.2, 0) is 0 Å². The predicted octanol–water partition coefficient (Wildman–Crippen LogP) is 3.81. The molecule has 112 valence electrons. The van der Waals surface area contributed by atoms with E-state index in [1.807, 2.05) is 57.2 Å². The van der Waals surface area contributed by atoms with Gasteiger partial charge in [-0.1, -0.05) is 41.5 Å². The number of aliphatic hydroxyl groups is 1. The van der Waals surface area contributed by atoms with Crippen molar-refractivity contribution in [3.63, 3.8) is 0 Å². The molecular weight excluding hydrogens is 264 g/mol. The first-order valence-corrected chi connectivity index (χ1v) is 7.21. The van der Waals surface area contributed by atoms with E-state index in [4.69, 9.17) is 9.47 Å². The molecule has 1 atom stereocenters. The number of hydrogen-bond acceptors (Lipinski definition) is 3. The first-order valence-electron chi connectivity index (χ1n) is 7.21. The summed E-state index contributed by atoms with van der Waals surface area (Å²) in [5, 5.41) is 10.3. The first kappa shape index (κ1) is 15.4. The van der Waals surface area contributed by atoms with Gasteiger partial charge in [0.2, 0.25) is 0 Å². The monoisotopic (exact) mass is 286 g/mol. The van der Waals surface area contributed by atoms with Gasteiger partial charge in [0, 0.05) is 0 Å². The Bertz CT molecular complexity index is 573. The van der Waals surface area contributed by atoms with Gasteiger partial charge >= 0.3 is 0 Å². The summed E-state index contributed by atoms with van der Waals surface area (Å²) in [4.78, 5) is 0. The van der Waals surface area contributed by atoms with Gasteiger partial charge in [0.1, 0.15) is 12.7 Å². The van der Waals surface area contributed by atoms with Crippen molar-refractivity contribution in [2.24, 2.45) is 0 Å². The van der Waals surface area contributed by atoms with Crippen molar-refractivity contribution in [1.82, 2.24) is 0 Å². The number of ether oxygens (including phenoxy) is 2. The Balaban J connectivity index is 2.05. The van der Waals surface area contributed by atoms with Crippen molar-refractivity contribution < 1.29 is 14.6 Å². The predicted molar refractivity (Wildman–Crippen MR) is 84.0 cm³/mol. The normalized spacial score (nSPS) is 12.0. The highest BCUT2D eigenvalue weighted by molar-refractivity contribution is 5.39. The zero-order valence-corrected chi connectivity index (χ0v) is 12.8. The van der Waals surface area contributed by atoms with Crippen LogP contribution in [-0.4, -0.2) is 18.3 Å².